The lowest BCUT2D eigenvalue weighted by Crippen LogP contribution is -2.02. The molecule has 1 saturated heterocycles. The van der Waals surface area contributed by atoms with Crippen LogP contribution in [0.15, 0.2) is 21.1 Å². The van der Waals surface area contributed by atoms with Crippen molar-refractivity contribution >= 4 is 31.9 Å². The molecular weight excluding hydrogens is 336 g/mol. The van der Waals surface area contributed by atoms with Crippen molar-refractivity contribution in [3.63, 3.8) is 0 Å². The topological polar surface area (TPSA) is 18.5 Å². The molecule has 1 aliphatic heterocycles. The summed E-state index contributed by atoms with van der Waals surface area (Å²) in [5, 5.41) is 0. The van der Waals surface area contributed by atoms with Gasteiger partial charge in [-0.1, -0.05) is 45.7 Å². The van der Waals surface area contributed by atoms with Gasteiger partial charge in [-0.25, -0.2) is 0 Å². The van der Waals surface area contributed by atoms with Gasteiger partial charge in [-0.05, 0) is 23.6 Å². The molecule has 0 aromatic heterocycles. The Morgan fingerprint density at radius 3 is 2.06 bits per heavy atom. The molecule has 0 unspecified atom stereocenters. The fraction of sp³-hybridized carbons (Fsp3) is 0.500. The van der Waals surface area contributed by atoms with E-state index >= 15 is 0 Å². The molecule has 0 atom stereocenters. The zero-order valence-corrected chi connectivity index (χ0v) is 12.5. The Balaban J connectivity index is 2.38. The Bertz CT molecular complexity index is 362. The van der Waals surface area contributed by atoms with Crippen LogP contribution in [0, 0.1) is 0 Å². The molecule has 0 radical (unpaired) electrons. The first-order chi connectivity index (χ1) is 7.59. The second-order valence-electron chi connectivity index (χ2n) is 4.13. The molecule has 2 nitrogen and oxygen atoms in total. The number of benzene rings is 1. The van der Waals surface area contributed by atoms with Crippen molar-refractivity contribution in [2.75, 3.05) is 13.2 Å². The van der Waals surface area contributed by atoms with Gasteiger partial charge < -0.3 is 9.47 Å². The summed E-state index contributed by atoms with van der Waals surface area (Å²) in [5.41, 5.74) is 2.34. The van der Waals surface area contributed by atoms with E-state index in [1.54, 1.807) is 0 Å². The summed E-state index contributed by atoms with van der Waals surface area (Å²) in [7, 11) is 0. The van der Waals surface area contributed by atoms with Gasteiger partial charge in [-0.3, -0.25) is 0 Å². The lowest BCUT2D eigenvalue weighted by atomic mass is 10.0. The number of ether oxygens (including phenoxy) is 2. The third-order valence-corrected chi connectivity index (χ3v) is 3.94. The van der Waals surface area contributed by atoms with E-state index in [1.807, 2.05) is 0 Å². The SMILES string of the molecule is CC(C)c1cc(Br)c(C2OCCO2)c(Br)c1. The van der Waals surface area contributed by atoms with E-state index in [0.29, 0.717) is 19.1 Å². The van der Waals surface area contributed by atoms with Gasteiger partial charge in [0.2, 0.25) is 0 Å². The monoisotopic (exact) mass is 348 g/mol. The predicted octanol–water partition coefficient (Wildman–Crippen LogP) is 4.38. The number of hydrogen-bond donors (Lipinski definition) is 0. The minimum Gasteiger partial charge on any atom is -0.346 e. The van der Waals surface area contributed by atoms with E-state index in [-0.39, 0.29) is 6.29 Å². The second kappa shape index (κ2) is 5.17. The molecule has 88 valence electrons. The standard InChI is InChI=1S/C12H14Br2O2/c1-7(2)8-5-9(13)11(10(14)6-8)12-15-3-4-16-12/h5-7,12H,3-4H2,1-2H3. The molecule has 0 bridgehead atoms. The summed E-state index contributed by atoms with van der Waals surface area (Å²) in [6.45, 7) is 5.68. The largest absolute Gasteiger partial charge is 0.346 e. The molecule has 4 heteroatoms. The van der Waals surface area contributed by atoms with Crippen molar-refractivity contribution in [2.24, 2.45) is 0 Å². The second-order valence-corrected chi connectivity index (χ2v) is 5.84. The van der Waals surface area contributed by atoms with Gasteiger partial charge >= 0.3 is 0 Å². The van der Waals surface area contributed by atoms with Crippen LogP contribution in [0.5, 0.6) is 0 Å². The maximum absolute atomic E-state index is 5.52. The summed E-state index contributed by atoms with van der Waals surface area (Å²) in [4.78, 5) is 0. The quantitative estimate of drug-likeness (QED) is 0.788. The van der Waals surface area contributed by atoms with E-state index in [2.05, 4.69) is 57.8 Å². The average Bonchev–Trinajstić information content (AvgIpc) is 2.69. The Kier molecular flexibility index (Phi) is 4.06. The van der Waals surface area contributed by atoms with Crippen molar-refractivity contribution < 1.29 is 9.47 Å². The van der Waals surface area contributed by atoms with Crippen LogP contribution in [0.1, 0.15) is 37.2 Å². The van der Waals surface area contributed by atoms with Crippen LogP contribution >= 0.6 is 31.9 Å². The van der Waals surface area contributed by atoms with Gasteiger partial charge in [0.25, 0.3) is 0 Å². The van der Waals surface area contributed by atoms with Crippen LogP contribution in [0.2, 0.25) is 0 Å². The predicted molar refractivity (Wildman–Crippen MR) is 70.6 cm³/mol. The van der Waals surface area contributed by atoms with E-state index in [9.17, 15) is 0 Å². The number of hydrogen-bond acceptors (Lipinski definition) is 2. The first kappa shape index (κ1) is 12.6. The van der Waals surface area contributed by atoms with Crippen molar-refractivity contribution in [3.05, 3.63) is 32.2 Å². The molecule has 0 aliphatic carbocycles. The highest BCUT2D eigenvalue weighted by Crippen LogP contribution is 2.37. The highest BCUT2D eigenvalue weighted by Gasteiger charge is 2.24. The van der Waals surface area contributed by atoms with Crippen LogP contribution in [0.25, 0.3) is 0 Å². The van der Waals surface area contributed by atoms with Gasteiger partial charge in [0, 0.05) is 14.5 Å². The normalized spacial score (nSPS) is 17.3. The number of rotatable bonds is 2. The summed E-state index contributed by atoms with van der Waals surface area (Å²) < 4.78 is 13.1. The lowest BCUT2D eigenvalue weighted by molar-refractivity contribution is -0.0451. The average molecular weight is 350 g/mol. The van der Waals surface area contributed by atoms with Crippen LogP contribution < -0.4 is 0 Å². The van der Waals surface area contributed by atoms with Crippen molar-refractivity contribution in [1.82, 2.24) is 0 Å². The number of halogens is 2. The highest BCUT2D eigenvalue weighted by atomic mass is 79.9. The molecule has 0 amide bonds. The van der Waals surface area contributed by atoms with E-state index in [4.69, 9.17) is 9.47 Å². The third-order valence-electron chi connectivity index (χ3n) is 2.63. The first-order valence-corrected chi connectivity index (χ1v) is 6.90. The van der Waals surface area contributed by atoms with Gasteiger partial charge in [-0.15, -0.1) is 0 Å². The van der Waals surface area contributed by atoms with Gasteiger partial charge in [0.15, 0.2) is 6.29 Å². The maximum atomic E-state index is 5.52. The first-order valence-electron chi connectivity index (χ1n) is 5.31. The highest BCUT2D eigenvalue weighted by molar-refractivity contribution is 9.11. The van der Waals surface area contributed by atoms with Crippen LogP contribution in [-0.4, -0.2) is 13.2 Å². The lowest BCUT2D eigenvalue weighted by Gasteiger charge is -2.16. The Morgan fingerprint density at radius 2 is 1.62 bits per heavy atom. The van der Waals surface area contributed by atoms with Crippen molar-refractivity contribution in [2.45, 2.75) is 26.1 Å². The molecule has 0 spiro atoms. The fourth-order valence-electron chi connectivity index (χ4n) is 1.69. The molecule has 0 N–H and O–H groups in total. The zero-order chi connectivity index (χ0) is 11.7. The van der Waals surface area contributed by atoms with E-state index in [1.165, 1.54) is 5.56 Å². The summed E-state index contributed by atoms with van der Waals surface area (Å²) in [6, 6.07) is 4.27. The summed E-state index contributed by atoms with van der Waals surface area (Å²) >= 11 is 7.17. The molecule has 16 heavy (non-hydrogen) atoms. The minimum atomic E-state index is -0.245. The Hall–Kier alpha value is 0.1000. The van der Waals surface area contributed by atoms with Crippen LogP contribution in [0.3, 0.4) is 0 Å². The molecule has 1 heterocycles. The Labute approximate surface area is 113 Å². The zero-order valence-electron chi connectivity index (χ0n) is 9.30. The van der Waals surface area contributed by atoms with Crippen molar-refractivity contribution in [1.29, 1.82) is 0 Å². The van der Waals surface area contributed by atoms with Crippen LogP contribution in [0.4, 0.5) is 0 Å². The fourth-order valence-corrected chi connectivity index (χ4v) is 3.28. The van der Waals surface area contributed by atoms with E-state index in [0.717, 1.165) is 14.5 Å². The summed E-state index contributed by atoms with van der Waals surface area (Å²) in [6.07, 6.45) is -0.245. The van der Waals surface area contributed by atoms with Crippen molar-refractivity contribution in [3.8, 4) is 0 Å². The molecule has 1 aliphatic rings. The molecule has 1 aromatic carbocycles. The third kappa shape index (κ3) is 2.50. The maximum Gasteiger partial charge on any atom is 0.186 e. The Morgan fingerprint density at radius 1 is 1.12 bits per heavy atom. The molecule has 2 rings (SSSR count). The van der Waals surface area contributed by atoms with Crippen LogP contribution in [-0.2, 0) is 9.47 Å². The molecular formula is C12H14Br2O2. The van der Waals surface area contributed by atoms with Gasteiger partial charge in [0.1, 0.15) is 0 Å². The van der Waals surface area contributed by atoms with Gasteiger partial charge in [0.05, 0.1) is 13.2 Å². The minimum absolute atomic E-state index is 0.245. The molecule has 1 fully saturated rings. The smallest absolute Gasteiger partial charge is 0.186 e. The molecule has 1 aromatic rings. The summed E-state index contributed by atoms with van der Waals surface area (Å²) in [5.74, 6) is 0.507. The molecule has 0 saturated carbocycles. The van der Waals surface area contributed by atoms with E-state index < -0.39 is 0 Å². The van der Waals surface area contributed by atoms with Gasteiger partial charge in [-0.2, -0.15) is 0 Å².